The van der Waals surface area contributed by atoms with E-state index in [2.05, 4.69) is 10.6 Å². The van der Waals surface area contributed by atoms with E-state index in [0.29, 0.717) is 44.1 Å². The van der Waals surface area contributed by atoms with Crippen molar-refractivity contribution in [2.45, 2.75) is 38.3 Å². The van der Waals surface area contributed by atoms with E-state index in [-0.39, 0.29) is 18.5 Å². The van der Waals surface area contributed by atoms with Gasteiger partial charge in [0, 0.05) is 25.4 Å². The first-order chi connectivity index (χ1) is 14.1. The second-order valence-corrected chi connectivity index (χ2v) is 6.98. The molecule has 1 atom stereocenters. The van der Waals surface area contributed by atoms with Crippen LogP contribution in [0.3, 0.4) is 0 Å². The average Bonchev–Trinajstić information content (AvgIpc) is 2.96. The van der Waals surface area contributed by atoms with Gasteiger partial charge in [-0.1, -0.05) is 36.4 Å². The average molecular weight is 398 g/mol. The highest BCUT2D eigenvalue weighted by molar-refractivity contribution is 5.74. The van der Waals surface area contributed by atoms with Gasteiger partial charge in [0.05, 0.1) is 13.2 Å². The van der Waals surface area contributed by atoms with Crippen LogP contribution in [0.2, 0.25) is 0 Å². The number of hydrogen-bond acceptors (Lipinski definition) is 4. The van der Waals surface area contributed by atoms with Crippen molar-refractivity contribution >= 4 is 12.0 Å². The Labute approximate surface area is 170 Å². The van der Waals surface area contributed by atoms with Gasteiger partial charge in [-0.05, 0) is 36.1 Å². The van der Waals surface area contributed by atoms with Crippen LogP contribution in [0.5, 0.6) is 11.5 Å². The van der Waals surface area contributed by atoms with Crippen LogP contribution >= 0.6 is 0 Å². The number of carbonyl (C=O) groups excluding carboxylic acids is 1. The summed E-state index contributed by atoms with van der Waals surface area (Å²) in [5.74, 6) is 0.524. The van der Waals surface area contributed by atoms with Crippen LogP contribution in [0.25, 0.3) is 0 Å². The normalized spacial score (nSPS) is 13.8. The Morgan fingerprint density at radius 2 is 1.76 bits per heavy atom. The maximum absolute atomic E-state index is 12.4. The Bertz CT molecular complexity index is 825. The van der Waals surface area contributed by atoms with E-state index in [1.807, 2.05) is 48.5 Å². The van der Waals surface area contributed by atoms with E-state index >= 15 is 0 Å². The topological polar surface area (TPSA) is 96.9 Å². The van der Waals surface area contributed by atoms with Crippen molar-refractivity contribution in [2.24, 2.45) is 0 Å². The Morgan fingerprint density at radius 1 is 1.00 bits per heavy atom. The number of urea groups is 1. The fourth-order valence-electron chi connectivity index (χ4n) is 3.16. The van der Waals surface area contributed by atoms with Gasteiger partial charge in [0.25, 0.3) is 0 Å². The molecule has 2 amide bonds. The zero-order valence-electron chi connectivity index (χ0n) is 16.2. The molecule has 0 fully saturated rings. The molecule has 0 spiro atoms. The van der Waals surface area contributed by atoms with E-state index in [1.54, 1.807) is 0 Å². The summed E-state index contributed by atoms with van der Waals surface area (Å²) in [6.45, 7) is 1.57. The van der Waals surface area contributed by atoms with Crippen LogP contribution in [0.4, 0.5) is 4.79 Å². The molecule has 29 heavy (non-hydrogen) atoms. The number of ether oxygens (including phenoxy) is 2. The first-order valence-corrected chi connectivity index (χ1v) is 9.79. The molecule has 0 radical (unpaired) electrons. The molecule has 7 heteroatoms. The zero-order chi connectivity index (χ0) is 20.5. The van der Waals surface area contributed by atoms with Gasteiger partial charge in [-0.25, -0.2) is 4.79 Å². The van der Waals surface area contributed by atoms with E-state index < -0.39 is 5.97 Å². The summed E-state index contributed by atoms with van der Waals surface area (Å²) >= 11 is 0. The third-order valence-electron chi connectivity index (χ3n) is 4.63. The highest BCUT2D eigenvalue weighted by Crippen LogP contribution is 2.30. The SMILES string of the molecule is O=C(O)CCC(Cc1ccccc1)NC(=O)NCc1ccc2c(c1)OCCCO2. The predicted octanol–water partition coefficient (Wildman–Crippen LogP) is 3.12. The Kier molecular flexibility index (Phi) is 7.33. The molecule has 3 rings (SSSR count). The number of rotatable bonds is 8. The van der Waals surface area contributed by atoms with Gasteiger partial charge in [0.15, 0.2) is 11.5 Å². The largest absolute Gasteiger partial charge is 0.490 e. The van der Waals surface area contributed by atoms with Crippen molar-refractivity contribution in [1.29, 1.82) is 0 Å². The molecule has 2 aromatic rings. The standard InChI is InChI=1S/C22H26N2O5/c25-21(26)10-8-18(13-16-5-2-1-3-6-16)24-22(27)23-15-17-7-9-19-20(14-17)29-12-4-11-28-19/h1-3,5-7,9,14,18H,4,8,10-13,15H2,(H,25,26)(H2,23,24,27). The van der Waals surface area contributed by atoms with Crippen LogP contribution in [0.15, 0.2) is 48.5 Å². The lowest BCUT2D eigenvalue weighted by atomic mass is 10.0. The van der Waals surface area contributed by atoms with Crippen molar-refractivity contribution in [1.82, 2.24) is 10.6 Å². The lowest BCUT2D eigenvalue weighted by Crippen LogP contribution is -2.43. The van der Waals surface area contributed by atoms with Crippen LogP contribution < -0.4 is 20.1 Å². The molecule has 3 N–H and O–H groups in total. The quantitative estimate of drug-likeness (QED) is 0.635. The van der Waals surface area contributed by atoms with Gasteiger partial charge in [0.2, 0.25) is 0 Å². The fraction of sp³-hybridized carbons (Fsp3) is 0.364. The molecule has 1 unspecified atom stereocenters. The molecule has 0 aromatic heterocycles. The first kappa shape index (κ1) is 20.5. The Balaban J connectivity index is 1.55. The minimum Gasteiger partial charge on any atom is -0.490 e. The van der Waals surface area contributed by atoms with Crippen molar-refractivity contribution in [3.8, 4) is 11.5 Å². The van der Waals surface area contributed by atoms with Crippen LogP contribution in [0.1, 0.15) is 30.4 Å². The summed E-state index contributed by atoms with van der Waals surface area (Å²) in [7, 11) is 0. The Morgan fingerprint density at radius 3 is 2.52 bits per heavy atom. The molecule has 0 bridgehead atoms. The van der Waals surface area contributed by atoms with Gasteiger partial charge < -0.3 is 25.2 Å². The lowest BCUT2D eigenvalue weighted by molar-refractivity contribution is -0.137. The number of nitrogens with one attached hydrogen (secondary N) is 2. The number of fused-ring (bicyclic) bond motifs is 1. The molecule has 154 valence electrons. The molecule has 2 aromatic carbocycles. The molecule has 1 aliphatic heterocycles. The maximum atomic E-state index is 12.4. The summed E-state index contributed by atoms with van der Waals surface area (Å²) in [5.41, 5.74) is 1.95. The third kappa shape index (κ3) is 6.71. The van der Waals surface area contributed by atoms with Gasteiger partial charge in [-0.2, -0.15) is 0 Å². The van der Waals surface area contributed by atoms with Crippen molar-refractivity contribution in [2.75, 3.05) is 13.2 Å². The van der Waals surface area contributed by atoms with Crippen LogP contribution in [-0.4, -0.2) is 36.4 Å². The second kappa shape index (κ2) is 10.4. The summed E-state index contributed by atoms with van der Waals surface area (Å²) in [6, 6.07) is 14.7. The summed E-state index contributed by atoms with van der Waals surface area (Å²) < 4.78 is 11.3. The molecule has 0 saturated carbocycles. The lowest BCUT2D eigenvalue weighted by Gasteiger charge is -2.19. The molecule has 1 aliphatic rings. The highest BCUT2D eigenvalue weighted by atomic mass is 16.5. The summed E-state index contributed by atoms with van der Waals surface area (Å²) in [4.78, 5) is 23.3. The molecule has 1 heterocycles. The number of carbonyl (C=O) groups is 2. The van der Waals surface area contributed by atoms with Gasteiger partial charge in [-0.3, -0.25) is 4.79 Å². The number of carboxylic acids is 1. The van der Waals surface area contributed by atoms with Crippen LogP contribution in [-0.2, 0) is 17.8 Å². The van der Waals surface area contributed by atoms with E-state index in [9.17, 15) is 9.59 Å². The summed E-state index contributed by atoms with van der Waals surface area (Å²) in [6.07, 6.45) is 1.77. The number of hydrogen-bond donors (Lipinski definition) is 3. The second-order valence-electron chi connectivity index (χ2n) is 6.98. The summed E-state index contributed by atoms with van der Waals surface area (Å²) in [5, 5.41) is 14.7. The van der Waals surface area contributed by atoms with Gasteiger partial charge in [0.1, 0.15) is 0 Å². The number of carboxylic acid groups (broad SMARTS) is 1. The third-order valence-corrected chi connectivity index (χ3v) is 4.63. The number of amides is 2. The van der Waals surface area contributed by atoms with Gasteiger partial charge >= 0.3 is 12.0 Å². The minimum atomic E-state index is -0.877. The minimum absolute atomic E-state index is 0.0000583. The number of benzene rings is 2. The number of aliphatic carboxylic acids is 1. The maximum Gasteiger partial charge on any atom is 0.315 e. The zero-order valence-corrected chi connectivity index (χ0v) is 16.2. The molecule has 0 saturated heterocycles. The molecule has 0 aliphatic carbocycles. The van der Waals surface area contributed by atoms with E-state index in [4.69, 9.17) is 14.6 Å². The van der Waals surface area contributed by atoms with Crippen molar-refractivity contribution in [3.63, 3.8) is 0 Å². The highest BCUT2D eigenvalue weighted by Gasteiger charge is 2.15. The Hall–Kier alpha value is -3.22. The van der Waals surface area contributed by atoms with Crippen LogP contribution in [0, 0.1) is 0 Å². The first-order valence-electron chi connectivity index (χ1n) is 9.79. The molecule has 7 nitrogen and oxygen atoms in total. The molecular formula is C22H26N2O5. The van der Waals surface area contributed by atoms with Gasteiger partial charge in [-0.15, -0.1) is 0 Å². The fourth-order valence-corrected chi connectivity index (χ4v) is 3.16. The predicted molar refractivity (Wildman–Crippen MR) is 108 cm³/mol. The smallest absolute Gasteiger partial charge is 0.315 e. The van der Waals surface area contributed by atoms with E-state index in [1.165, 1.54) is 0 Å². The van der Waals surface area contributed by atoms with Crippen molar-refractivity contribution in [3.05, 3.63) is 59.7 Å². The van der Waals surface area contributed by atoms with E-state index in [0.717, 1.165) is 17.5 Å². The molecular weight excluding hydrogens is 372 g/mol. The monoisotopic (exact) mass is 398 g/mol. The van der Waals surface area contributed by atoms with Crippen molar-refractivity contribution < 1.29 is 24.2 Å².